The summed E-state index contributed by atoms with van der Waals surface area (Å²) >= 11 is 0. The van der Waals surface area contributed by atoms with Crippen LogP contribution in [0.4, 0.5) is 16.4 Å². The van der Waals surface area contributed by atoms with Gasteiger partial charge in [0.05, 0.1) is 11.3 Å². The molecule has 2 fully saturated rings. The topological polar surface area (TPSA) is 119 Å². The summed E-state index contributed by atoms with van der Waals surface area (Å²) < 4.78 is 12.1. The Morgan fingerprint density at radius 3 is 2.57 bits per heavy atom. The van der Waals surface area contributed by atoms with Crippen molar-refractivity contribution in [3.8, 4) is 22.9 Å². The molecular formula is C36H42N6O4. The molecule has 46 heavy (non-hydrogen) atoms. The number of likely N-dealkylation sites (tertiary alicyclic amines) is 1. The van der Waals surface area contributed by atoms with E-state index in [0.29, 0.717) is 41.9 Å². The second-order valence-electron chi connectivity index (χ2n) is 14.0. The Balaban J connectivity index is 1.23. The van der Waals surface area contributed by atoms with E-state index in [-0.39, 0.29) is 29.4 Å². The molecule has 1 aliphatic heterocycles. The fourth-order valence-corrected chi connectivity index (χ4v) is 5.93. The normalized spacial score (nSPS) is 19.0. The van der Waals surface area contributed by atoms with E-state index in [2.05, 4.69) is 34.4 Å². The van der Waals surface area contributed by atoms with Gasteiger partial charge in [0.1, 0.15) is 11.4 Å². The highest BCUT2D eigenvalue weighted by Gasteiger charge is 2.50. The largest absolute Gasteiger partial charge is 0.444 e. The van der Waals surface area contributed by atoms with Gasteiger partial charge >= 0.3 is 6.09 Å². The molecule has 0 bridgehead atoms. The number of amides is 2. The first kappa shape index (κ1) is 31.3. The SMILES string of the molecule is Cc1ccc2c(NC(=O)[C@@H]3CC3(C)C)cccc2c1Oc1ncccc1-c1ccnc(NC2CCCN(C(=O)OC(C)(C)C)C2)n1. The molecule has 10 nitrogen and oxygen atoms in total. The number of carbonyl (C=O) groups is 2. The lowest BCUT2D eigenvalue weighted by Gasteiger charge is -2.34. The molecule has 1 saturated carbocycles. The summed E-state index contributed by atoms with van der Waals surface area (Å²) in [7, 11) is 0. The van der Waals surface area contributed by atoms with E-state index in [9.17, 15) is 9.59 Å². The van der Waals surface area contributed by atoms with Crippen LogP contribution in [0.2, 0.25) is 0 Å². The number of aryl methyl sites for hydroxylation is 1. The van der Waals surface area contributed by atoms with Gasteiger partial charge in [-0.3, -0.25) is 4.79 Å². The minimum absolute atomic E-state index is 0.0138. The van der Waals surface area contributed by atoms with Crippen molar-refractivity contribution in [2.45, 2.75) is 72.4 Å². The van der Waals surface area contributed by atoms with Crippen molar-refractivity contribution in [1.82, 2.24) is 19.9 Å². The summed E-state index contributed by atoms with van der Waals surface area (Å²) in [6.45, 7) is 13.0. The molecular weight excluding hydrogens is 580 g/mol. The number of hydrogen-bond acceptors (Lipinski definition) is 8. The Morgan fingerprint density at radius 1 is 1.00 bits per heavy atom. The Bertz CT molecular complexity index is 1780. The average Bonchev–Trinajstić information content (AvgIpc) is 3.66. The quantitative estimate of drug-likeness (QED) is 0.216. The molecule has 2 aliphatic rings. The molecule has 2 aromatic heterocycles. The highest BCUT2D eigenvalue weighted by molar-refractivity contribution is 6.05. The van der Waals surface area contributed by atoms with E-state index in [4.69, 9.17) is 14.5 Å². The van der Waals surface area contributed by atoms with E-state index in [1.54, 1.807) is 17.3 Å². The monoisotopic (exact) mass is 622 g/mol. The molecule has 1 aliphatic carbocycles. The fraction of sp³-hybridized carbons (Fsp3) is 0.417. The third-order valence-electron chi connectivity index (χ3n) is 8.60. The van der Waals surface area contributed by atoms with Crippen LogP contribution in [-0.4, -0.2) is 56.6 Å². The smallest absolute Gasteiger partial charge is 0.410 e. The lowest BCUT2D eigenvalue weighted by atomic mass is 10.0. The van der Waals surface area contributed by atoms with Crippen LogP contribution in [-0.2, 0) is 9.53 Å². The summed E-state index contributed by atoms with van der Waals surface area (Å²) in [4.78, 5) is 41.2. The second-order valence-corrected chi connectivity index (χ2v) is 14.0. The molecule has 1 unspecified atom stereocenters. The molecule has 10 heteroatoms. The summed E-state index contributed by atoms with van der Waals surface area (Å²) in [5, 5.41) is 8.33. The third-order valence-corrected chi connectivity index (χ3v) is 8.60. The van der Waals surface area contributed by atoms with Crippen molar-refractivity contribution in [2.24, 2.45) is 11.3 Å². The number of hydrogen-bond donors (Lipinski definition) is 2. The zero-order chi connectivity index (χ0) is 32.6. The van der Waals surface area contributed by atoms with E-state index < -0.39 is 5.60 Å². The van der Waals surface area contributed by atoms with E-state index in [0.717, 1.165) is 41.3 Å². The number of anilines is 2. The number of nitrogens with one attached hydrogen (secondary N) is 2. The van der Waals surface area contributed by atoms with Crippen LogP contribution in [0.5, 0.6) is 11.6 Å². The van der Waals surface area contributed by atoms with E-state index >= 15 is 0 Å². The summed E-state index contributed by atoms with van der Waals surface area (Å²) in [6.07, 6.45) is 5.72. The van der Waals surface area contributed by atoms with Crippen molar-refractivity contribution < 1.29 is 19.1 Å². The van der Waals surface area contributed by atoms with Gasteiger partial charge in [-0.1, -0.05) is 38.1 Å². The van der Waals surface area contributed by atoms with Gasteiger partial charge < -0.3 is 25.0 Å². The highest BCUT2D eigenvalue weighted by Crippen LogP contribution is 2.52. The van der Waals surface area contributed by atoms with Gasteiger partial charge in [0, 0.05) is 53.9 Å². The molecule has 2 aromatic carbocycles. The van der Waals surface area contributed by atoms with Crippen LogP contribution < -0.4 is 15.4 Å². The van der Waals surface area contributed by atoms with Gasteiger partial charge in [0.15, 0.2) is 0 Å². The molecule has 3 heterocycles. The van der Waals surface area contributed by atoms with Gasteiger partial charge in [-0.25, -0.2) is 19.7 Å². The number of rotatable bonds is 7. The van der Waals surface area contributed by atoms with Crippen LogP contribution in [0, 0.1) is 18.3 Å². The summed E-state index contributed by atoms with van der Waals surface area (Å²) in [5.74, 6) is 1.60. The lowest BCUT2D eigenvalue weighted by Crippen LogP contribution is -2.47. The number of carbonyl (C=O) groups excluding carboxylic acids is 2. The zero-order valence-electron chi connectivity index (χ0n) is 27.4. The second kappa shape index (κ2) is 12.2. The van der Waals surface area contributed by atoms with Crippen molar-refractivity contribution in [3.63, 3.8) is 0 Å². The molecule has 6 rings (SSSR count). The van der Waals surface area contributed by atoms with Crippen LogP contribution in [0.3, 0.4) is 0 Å². The van der Waals surface area contributed by atoms with Gasteiger partial charge in [-0.05, 0) is 82.2 Å². The van der Waals surface area contributed by atoms with Crippen molar-refractivity contribution >= 4 is 34.4 Å². The number of pyridine rings is 1. The van der Waals surface area contributed by atoms with Crippen LogP contribution in [0.1, 0.15) is 59.4 Å². The molecule has 0 radical (unpaired) electrons. The Morgan fingerprint density at radius 2 is 1.80 bits per heavy atom. The number of fused-ring (bicyclic) bond motifs is 1. The first-order valence-corrected chi connectivity index (χ1v) is 15.9. The minimum atomic E-state index is -0.547. The van der Waals surface area contributed by atoms with Gasteiger partial charge in [-0.2, -0.15) is 0 Å². The van der Waals surface area contributed by atoms with E-state index in [1.807, 2.05) is 76.2 Å². The predicted molar refractivity (Wildman–Crippen MR) is 179 cm³/mol. The number of nitrogens with zero attached hydrogens (tertiary/aromatic N) is 4. The van der Waals surface area contributed by atoms with Crippen molar-refractivity contribution in [3.05, 3.63) is 66.5 Å². The maximum Gasteiger partial charge on any atom is 0.410 e. The number of ether oxygens (including phenoxy) is 2. The molecule has 4 aromatic rings. The fourth-order valence-electron chi connectivity index (χ4n) is 5.93. The molecule has 0 spiro atoms. The average molecular weight is 623 g/mol. The van der Waals surface area contributed by atoms with Gasteiger partial charge in [-0.15, -0.1) is 0 Å². The summed E-state index contributed by atoms with van der Waals surface area (Å²) in [5.41, 5.74) is 2.56. The lowest BCUT2D eigenvalue weighted by molar-refractivity contribution is -0.118. The molecule has 2 N–H and O–H groups in total. The molecule has 240 valence electrons. The molecule has 2 atom stereocenters. The maximum absolute atomic E-state index is 12.9. The van der Waals surface area contributed by atoms with Crippen molar-refractivity contribution in [1.29, 1.82) is 0 Å². The first-order valence-electron chi connectivity index (χ1n) is 15.9. The summed E-state index contributed by atoms with van der Waals surface area (Å²) in [6, 6.07) is 15.4. The first-order chi connectivity index (χ1) is 21.9. The Labute approximate surface area is 269 Å². The van der Waals surface area contributed by atoms with Crippen molar-refractivity contribution in [2.75, 3.05) is 23.7 Å². The number of benzene rings is 2. The standard InChI is InChI=1S/C36H42N6O4/c1-22-14-15-24-25(11-7-13-28(24)40-31(43)27-20-36(27,5)6)30(22)45-32-26(12-8-17-37-32)29-16-18-38-33(41-29)39-23-10-9-19-42(21-23)34(44)46-35(2,3)4/h7-8,11-18,23,27H,9-10,19-21H2,1-6H3,(H,40,43)(H,38,39,41)/t23?,27-/m0/s1. The minimum Gasteiger partial charge on any atom is -0.444 e. The predicted octanol–water partition coefficient (Wildman–Crippen LogP) is 7.59. The molecule has 2 amide bonds. The third kappa shape index (κ3) is 6.90. The number of aromatic nitrogens is 3. The van der Waals surface area contributed by atoms with Gasteiger partial charge in [0.25, 0.3) is 0 Å². The Hall–Kier alpha value is -4.73. The van der Waals surface area contributed by atoms with Gasteiger partial charge in [0.2, 0.25) is 17.7 Å². The van der Waals surface area contributed by atoms with E-state index in [1.165, 1.54) is 0 Å². The van der Waals surface area contributed by atoms with Crippen LogP contribution in [0.25, 0.3) is 22.0 Å². The zero-order valence-corrected chi connectivity index (χ0v) is 27.4. The van der Waals surface area contributed by atoms with Crippen LogP contribution >= 0.6 is 0 Å². The Kier molecular flexibility index (Phi) is 8.31. The number of piperidine rings is 1. The highest BCUT2D eigenvalue weighted by atomic mass is 16.6. The molecule has 1 saturated heterocycles. The maximum atomic E-state index is 12.9. The van der Waals surface area contributed by atoms with Crippen LogP contribution in [0.15, 0.2) is 60.9 Å².